The van der Waals surface area contributed by atoms with E-state index in [1.165, 1.54) is 0 Å². The van der Waals surface area contributed by atoms with Gasteiger partial charge in [0.05, 0.1) is 0 Å². The molecule has 3 heteroatoms. The van der Waals surface area contributed by atoms with E-state index in [2.05, 4.69) is 18.8 Å². The van der Waals surface area contributed by atoms with Crippen molar-refractivity contribution in [1.82, 2.24) is 0 Å². The minimum Gasteiger partial charge on any atom is -0.379 e. The van der Waals surface area contributed by atoms with E-state index in [0.29, 0.717) is 11.2 Å². The van der Waals surface area contributed by atoms with Gasteiger partial charge in [0.15, 0.2) is 5.17 Å². The van der Waals surface area contributed by atoms with Gasteiger partial charge in [-0.3, -0.25) is 4.99 Å². The van der Waals surface area contributed by atoms with Gasteiger partial charge in [-0.2, -0.15) is 0 Å². The van der Waals surface area contributed by atoms with Gasteiger partial charge in [-0.25, -0.2) is 0 Å². The van der Waals surface area contributed by atoms with Crippen molar-refractivity contribution >= 4 is 16.9 Å². The van der Waals surface area contributed by atoms with Crippen molar-refractivity contribution < 1.29 is 0 Å². The number of rotatable bonds is 0. The van der Waals surface area contributed by atoms with Crippen molar-refractivity contribution in [2.24, 2.45) is 16.6 Å². The first-order valence-corrected chi connectivity index (χ1v) is 4.04. The van der Waals surface area contributed by atoms with E-state index in [1.54, 1.807) is 11.8 Å². The highest BCUT2D eigenvalue weighted by Gasteiger charge is 2.17. The fourth-order valence-corrected chi connectivity index (χ4v) is 1.57. The molecule has 0 saturated carbocycles. The molecule has 0 radical (unpaired) electrons. The zero-order chi connectivity index (χ0) is 6.85. The van der Waals surface area contributed by atoms with Crippen LogP contribution in [0.3, 0.4) is 0 Å². The normalized spacial score (nSPS) is 36.0. The molecule has 0 aromatic rings. The Morgan fingerprint density at radius 2 is 2.33 bits per heavy atom. The van der Waals surface area contributed by atoms with E-state index >= 15 is 0 Å². The van der Waals surface area contributed by atoms with Crippen LogP contribution in [0.15, 0.2) is 4.99 Å². The second-order valence-electron chi connectivity index (χ2n) is 2.48. The molecule has 0 spiro atoms. The molecule has 1 aliphatic rings. The summed E-state index contributed by atoms with van der Waals surface area (Å²) in [5.41, 5.74) is 5.50. The van der Waals surface area contributed by atoms with Crippen molar-refractivity contribution in [3.05, 3.63) is 0 Å². The number of aliphatic imine (C=N–C) groups is 1. The summed E-state index contributed by atoms with van der Waals surface area (Å²) in [5.74, 6) is 0.683. The molecule has 1 rings (SSSR count). The van der Waals surface area contributed by atoms with Crippen LogP contribution in [0.25, 0.3) is 0 Å². The van der Waals surface area contributed by atoms with E-state index in [9.17, 15) is 0 Å². The maximum absolute atomic E-state index is 5.50. The number of amidine groups is 1. The third kappa shape index (κ3) is 1.61. The van der Waals surface area contributed by atoms with Crippen molar-refractivity contribution in [1.29, 1.82) is 0 Å². The summed E-state index contributed by atoms with van der Waals surface area (Å²) < 4.78 is 0. The highest BCUT2D eigenvalue weighted by atomic mass is 32.2. The minimum atomic E-state index is 0.641. The number of nitrogens with two attached hydrogens (primary N) is 1. The van der Waals surface area contributed by atoms with Crippen LogP contribution in [-0.4, -0.2) is 17.0 Å². The molecule has 0 aromatic carbocycles. The van der Waals surface area contributed by atoms with Crippen molar-refractivity contribution in [3.8, 4) is 0 Å². The molecule has 2 atom stereocenters. The first-order valence-electron chi connectivity index (χ1n) is 3.16. The smallest absolute Gasteiger partial charge is 0.154 e. The molecule has 9 heavy (non-hydrogen) atoms. The van der Waals surface area contributed by atoms with E-state index < -0.39 is 0 Å². The SMILES string of the molecule is C[C@@H]1CN=C(N)S[C@@H]1C. The second-order valence-corrected chi connectivity index (χ2v) is 3.88. The Bertz CT molecular complexity index is 133. The van der Waals surface area contributed by atoms with Gasteiger partial charge < -0.3 is 5.73 Å². The van der Waals surface area contributed by atoms with Crippen LogP contribution in [0, 0.1) is 5.92 Å². The van der Waals surface area contributed by atoms with E-state index in [4.69, 9.17) is 5.73 Å². The standard InChI is InChI=1S/C6H12N2S/c1-4-3-8-6(7)9-5(4)2/h4-5H,3H2,1-2H3,(H2,7,8)/t4-,5-/m1/s1. The summed E-state index contributed by atoms with van der Waals surface area (Å²) in [6.07, 6.45) is 0. The van der Waals surface area contributed by atoms with Crippen molar-refractivity contribution in [2.75, 3.05) is 6.54 Å². The van der Waals surface area contributed by atoms with Gasteiger partial charge in [0.2, 0.25) is 0 Å². The third-order valence-electron chi connectivity index (χ3n) is 1.64. The monoisotopic (exact) mass is 144 g/mol. The van der Waals surface area contributed by atoms with E-state index in [-0.39, 0.29) is 0 Å². The first kappa shape index (κ1) is 6.93. The highest BCUT2D eigenvalue weighted by Crippen LogP contribution is 2.23. The zero-order valence-electron chi connectivity index (χ0n) is 5.79. The van der Waals surface area contributed by atoms with Crippen molar-refractivity contribution in [2.45, 2.75) is 19.1 Å². The van der Waals surface area contributed by atoms with Crippen LogP contribution in [0.4, 0.5) is 0 Å². The molecule has 1 aliphatic heterocycles. The largest absolute Gasteiger partial charge is 0.379 e. The average molecular weight is 144 g/mol. The molecule has 52 valence electrons. The van der Waals surface area contributed by atoms with Gasteiger partial charge in [0, 0.05) is 11.8 Å². The second kappa shape index (κ2) is 2.60. The van der Waals surface area contributed by atoms with Gasteiger partial charge >= 0.3 is 0 Å². The van der Waals surface area contributed by atoms with Crippen LogP contribution in [-0.2, 0) is 0 Å². The molecule has 2 nitrogen and oxygen atoms in total. The Balaban J connectivity index is 2.54. The lowest BCUT2D eigenvalue weighted by Crippen LogP contribution is -2.25. The predicted molar refractivity (Wildman–Crippen MR) is 42.7 cm³/mol. The minimum absolute atomic E-state index is 0.641. The molecule has 0 saturated heterocycles. The topological polar surface area (TPSA) is 38.4 Å². The molecule has 1 heterocycles. The summed E-state index contributed by atoms with van der Waals surface area (Å²) in [6, 6.07) is 0. The third-order valence-corrected chi connectivity index (χ3v) is 2.85. The molecule has 0 bridgehead atoms. The number of nitrogens with zero attached hydrogens (tertiary/aromatic N) is 1. The lowest BCUT2D eigenvalue weighted by atomic mass is 10.1. The number of hydrogen-bond donors (Lipinski definition) is 1. The summed E-state index contributed by atoms with van der Waals surface area (Å²) in [6.45, 7) is 5.30. The molecule has 0 aromatic heterocycles. The zero-order valence-corrected chi connectivity index (χ0v) is 6.61. The van der Waals surface area contributed by atoms with Gasteiger partial charge in [-0.15, -0.1) is 0 Å². The lowest BCUT2D eigenvalue weighted by molar-refractivity contribution is 0.587. The Hall–Kier alpha value is -0.180. The summed E-state index contributed by atoms with van der Waals surface area (Å²) in [7, 11) is 0. The molecule has 0 amide bonds. The lowest BCUT2D eigenvalue weighted by Gasteiger charge is -2.21. The van der Waals surface area contributed by atoms with Crippen LogP contribution >= 0.6 is 11.8 Å². The van der Waals surface area contributed by atoms with Crippen LogP contribution < -0.4 is 5.73 Å². The van der Waals surface area contributed by atoms with Crippen LogP contribution in [0.2, 0.25) is 0 Å². The number of hydrogen-bond acceptors (Lipinski definition) is 3. The van der Waals surface area contributed by atoms with E-state index in [0.717, 1.165) is 11.7 Å². The molecular formula is C6H12N2S. The summed E-state index contributed by atoms with van der Waals surface area (Å²) >= 11 is 1.68. The molecule has 0 unspecified atom stereocenters. The van der Waals surface area contributed by atoms with Crippen molar-refractivity contribution in [3.63, 3.8) is 0 Å². The maximum Gasteiger partial charge on any atom is 0.154 e. The summed E-state index contributed by atoms with van der Waals surface area (Å²) in [4.78, 5) is 4.12. The van der Waals surface area contributed by atoms with E-state index in [1.807, 2.05) is 0 Å². The average Bonchev–Trinajstić information content (AvgIpc) is 1.80. The fraction of sp³-hybridized carbons (Fsp3) is 0.833. The highest BCUT2D eigenvalue weighted by molar-refractivity contribution is 8.14. The Morgan fingerprint density at radius 3 is 2.78 bits per heavy atom. The Morgan fingerprint density at radius 1 is 1.67 bits per heavy atom. The van der Waals surface area contributed by atoms with Crippen LogP contribution in [0.5, 0.6) is 0 Å². The quantitative estimate of drug-likeness (QED) is 0.552. The maximum atomic E-state index is 5.50. The van der Waals surface area contributed by atoms with Gasteiger partial charge in [-0.05, 0) is 5.92 Å². The molecular weight excluding hydrogens is 132 g/mol. The van der Waals surface area contributed by atoms with Crippen LogP contribution in [0.1, 0.15) is 13.8 Å². The Labute approximate surface area is 59.9 Å². The van der Waals surface area contributed by atoms with Gasteiger partial charge in [0.1, 0.15) is 0 Å². The number of thioether (sulfide) groups is 1. The molecule has 0 fully saturated rings. The molecule has 0 aliphatic carbocycles. The molecule has 2 N–H and O–H groups in total. The van der Waals surface area contributed by atoms with Gasteiger partial charge in [0.25, 0.3) is 0 Å². The summed E-state index contributed by atoms with van der Waals surface area (Å²) in [5, 5.41) is 1.39. The first-order chi connectivity index (χ1) is 4.20. The Kier molecular flexibility index (Phi) is 2.01. The van der Waals surface area contributed by atoms with Gasteiger partial charge in [-0.1, -0.05) is 25.6 Å². The predicted octanol–water partition coefficient (Wildman–Crippen LogP) is 1.07. The fourth-order valence-electron chi connectivity index (χ4n) is 0.726.